The molecule has 0 aliphatic rings. The fraction of sp³-hybridized carbons (Fsp3) is 0.500. The van der Waals surface area contributed by atoms with Gasteiger partial charge in [0.2, 0.25) is 0 Å². The molecule has 0 saturated heterocycles. The molecular formula is C12H19NO2S. The number of aliphatic hydroxyl groups is 1. The molecule has 1 rings (SSSR count). The third kappa shape index (κ3) is 3.61. The van der Waals surface area contributed by atoms with Crippen molar-refractivity contribution in [2.24, 2.45) is 0 Å². The average Bonchev–Trinajstić information content (AvgIpc) is 2.23. The number of nitrogens with two attached hydrogens (primary N) is 1. The summed E-state index contributed by atoms with van der Waals surface area (Å²) in [5, 5.41) is 9.58. The second-order valence-electron chi connectivity index (χ2n) is 3.70. The molecule has 1 aromatic rings. The van der Waals surface area contributed by atoms with Gasteiger partial charge in [0, 0.05) is 10.1 Å². The molecule has 0 aliphatic heterocycles. The van der Waals surface area contributed by atoms with Gasteiger partial charge in [-0.25, -0.2) is 0 Å². The highest BCUT2D eigenvalue weighted by molar-refractivity contribution is 8.00. The Morgan fingerprint density at radius 1 is 1.44 bits per heavy atom. The number of nitrogen functional groups attached to an aromatic ring is 1. The highest BCUT2D eigenvalue weighted by Gasteiger charge is 2.11. The highest BCUT2D eigenvalue weighted by atomic mass is 32.2. The van der Waals surface area contributed by atoms with E-state index in [9.17, 15) is 5.11 Å². The fourth-order valence-electron chi connectivity index (χ4n) is 1.18. The minimum absolute atomic E-state index is 0.151. The van der Waals surface area contributed by atoms with Gasteiger partial charge in [0.25, 0.3) is 0 Å². The van der Waals surface area contributed by atoms with Gasteiger partial charge in [-0.05, 0) is 32.0 Å². The molecule has 0 radical (unpaired) electrons. The Bertz CT molecular complexity index is 342. The molecule has 4 heteroatoms. The molecule has 0 saturated carbocycles. The number of benzene rings is 1. The number of hydrogen-bond donors (Lipinski definition) is 2. The average molecular weight is 241 g/mol. The normalized spacial score (nSPS) is 14.5. The lowest BCUT2D eigenvalue weighted by Crippen LogP contribution is -2.14. The van der Waals surface area contributed by atoms with Crippen molar-refractivity contribution in [3.63, 3.8) is 0 Å². The summed E-state index contributed by atoms with van der Waals surface area (Å²) in [5.74, 6) is 0.713. The molecule has 3 nitrogen and oxygen atoms in total. The predicted octanol–water partition coefficient (Wildman–Crippen LogP) is 2.53. The van der Waals surface area contributed by atoms with Crippen LogP contribution in [0.2, 0.25) is 0 Å². The predicted molar refractivity (Wildman–Crippen MR) is 69.0 cm³/mol. The largest absolute Gasteiger partial charge is 0.492 e. The summed E-state index contributed by atoms with van der Waals surface area (Å²) in [7, 11) is 0. The summed E-state index contributed by atoms with van der Waals surface area (Å²) >= 11 is 1.61. The van der Waals surface area contributed by atoms with Crippen LogP contribution in [0.3, 0.4) is 0 Å². The van der Waals surface area contributed by atoms with Crippen molar-refractivity contribution in [1.82, 2.24) is 0 Å². The number of aliphatic hydroxyl groups excluding tert-OH is 1. The maximum Gasteiger partial charge on any atom is 0.143 e. The lowest BCUT2D eigenvalue weighted by atomic mass is 10.3. The highest BCUT2D eigenvalue weighted by Crippen LogP contribution is 2.31. The zero-order chi connectivity index (χ0) is 12.1. The van der Waals surface area contributed by atoms with E-state index in [4.69, 9.17) is 10.5 Å². The molecule has 0 aliphatic carbocycles. The van der Waals surface area contributed by atoms with Gasteiger partial charge in [0.05, 0.1) is 18.4 Å². The zero-order valence-corrected chi connectivity index (χ0v) is 10.8. The molecule has 0 fully saturated rings. The van der Waals surface area contributed by atoms with Crippen molar-refractivity contribution in [3.05, 3.63) is 18.2 Å². The summed E-state index contributed by atoms with van der Waals surface area (Å²) in [6, 6.07) is 5.70. The minimum Gasteiger partial charge on any atom is -0.492 e. The molecule has 1 aromatic carbocycles. The van der Waals surface area contributed by atoms with Crippen molar-refractivity contribution in [2.45, 2.75) is 37.0 Å². The van der Waals surface area contributed by atoms with Gasteiger partial charge in [-0.15, -0.1) is 11.8 Å². The van der Waals surface area contributed by atoms with E-state index in [-0.39, 0.29) is 11.4 Å². The molecule has 2 unspecified atom stereocenters. The molecule has 16 heavy (non-hydrogen) atoms. The van der Waals surface area contributed by atoms with Crippen molar-refractivity contribution in [1.29, 1.82) is 0 Å². The van der Waals surface area contributed by atoms with E-state index in [1.54, 1.807) is 18.7 Å². The van der Waals surface area contributed by atoms with E-state index in [0.29, 0.717) is 18.0 Å². The topological polar surface area (TPSA) is 55.5 Å². The first kappa shape index (κ1) is 13.2. The third-order valence-electron chi connectivity index (χ3n) is 2.29. The molecule has 2 atom stereocenters. The van der Waals surface area contributed by atoms with E-state index in [1.807, 2.05) is 32.0 Å². The lowest BCUT2D eigenvalue weighted by molar-refractivity contribution is 0.196. The zero-order valence-electron chi connectivity index (χ0n) is 9.93. The van der Waals surface area contributed by atoms with Crippen LogP contribution in [0.1, 0.15) is 20.8 Å². The minimum atomic E-state index is -0.335. The first-order valence-electron chi connectivity index (χ1n) is 5.41. The van der Waals surface area contributed by atoms with Crippen LogP contribution in [-0.2, 0) is 0 Å². The summed E-state index contributed by atoms with van der Waals surface area (Å²) in [6.07, 6.45) is -0.335. The molecule has 0 aromatic heterocycles. The van der Waals surface area contributed by atoms with Crippen molar-refractivity contribution < 1.29 is 9.84 Å². The Kier molecular flexibility index (Phi) is 4.96. The molecule has 3 N–H and O–H groups in total. The first-order valence-corrected chi connectivity index (χ1v) is 6.29. The second-order valence-corrected chi connectivity index (χ2v) is 5.15. The van der Waals surface area contributed by atoms with Crippen LogP contribution < -0.4 is 10.5 Å². The van der Waals surface area contributed by atoms with Crippen LogP contribution in [0.4, 0.5) is 5.69 Å². The van der Waals surface area contributed by atoms with Crippen LogP contribution in [0, 0.1) is 0 Å². The fourth-order valence-corrected chi connectivity index (χ4v) is 2.13. The lowest BCUT2D eigenvalue weighted by Gasteiger charge is -2.15. The molecule has 0 spiro atoms. The number of anilines is 1. The van der Waals surface area contributed by atoms with Gasteiger partial charge in [0.1, 0.15) is 5.75 Å². The second kappa shape index (κ2) is 6.01. The van der Waals surface area contributed by atoms with Gasteiger partial charge in [-0.1, -0.05) is 6.92 Å². The third-order valence-corrected chi connectivity index (χ3v) is 3.58. The molecular weight excluding hydrogens is 222 g/mol. The van der Waals surface area contributed by atoms with Crippen LogP contribution in [0.15, 0.2) is 23.1 Å². The van der Waals surface area contributed by atoms with Crippen LogP contribution >= 0.6 is 11.8 Å². The van der Waals surface area contributed by atoms with Crippen LogP contribution in [0.5, 0.6) is 5.75 Å². The Hall–Kier alpha value is -0.870. The van der Waals surface area contributed by atoms with Crippen LogP contribution in [0.25, 0.3) is 0 Å². The Balaban J connectivity index is 2.78. The van der Waals surface area contributed by atoms with E-state index < -0.39 is 0 Å². The monoisotopic (exact) mass is 241 g/mol. The Labute approximate surface area is 101 Å². The van der Waals surface area contributed by atoms with E-state index in [0.717, 1.165) is 4.90 Å². The van der Waals surface area contributed by atoms with Gasteiger partial charge in [-0.2, -0.15) is 0 Å². The van der Waals surface area contributed by atoms with Crippen molar-refractivity contribution in [3.8, 4) is 5.75 Å². The summed E-state index contributed by atoms with van der Waals surface area (Å²) < 4.78 is 5.42. The summed E-state index contributed by atoms with van der Waals surface area (Å²) in [4.78, 5) is 1.06. The van der Waals surface area contributed by atoms with E-state index in [2.05, 4.69) is 0 Å². The van der Waals surface area contributed by atoms with Crippen LogP contribution in [-0.4, -0.2) is 23.1 Å². The van der Waals surface area contributed by atoms with Crippen molar-refractivity contribution >= 4 is 17.4 Å². The maximum absolute atomic E-state index is 9.43. The standard InChI is InChI=1S/C12H19NO2S/c1-4-15-12-7-10(5-6-11(12)13)16-9(3)8(2)14/h5-9,14H,4,13H2,1-3H3. The van der Waals surface area contributed by atoms with Gasteiger partial charge in [-0.3, -0.25) is 0 Å². The number of hydrogen-bond acceptors (Lipinski definition) is 4. The maximum atomic E-state index is 9.43. The van der Waals surface area contributed by atoms with E-state index in [1.165, 1.54) is 0 Å². The van der Waals surface area contributed by atoms with Gasteiger partial charge >= 0.3 is 0 Å². The summed E-state index contributed by atoms with van der Waals surface area (Å²) in [5.41, 5.74) is 6.43. The quantitative estimate of drug-likeness (QED) is 0.614. The molecule has 0 heterocycles. The van der Waals surface area contributed by atoms with Crippen molar-refractivity contribution in [2.75, 3.05) is 12.3 Å². The van der Waals surface area contributed by atoms with Gasteiger partial charge < -0.3 is 15.6 Å². The number of rotatable bonds is 5. The molecule has 90 valence electrons. The molecule has 0 bridgehead atoms. The SMILES string of the molecule is CCOc1cc(SC(C)C(C)O)ccc1N. The smallest absolute Gasteiger partial charge is 0.143 e. The first-order chi connectivity index (χ1) is 7.54. The molecule has 0 amide bonds. The number of thioether (sulfide) groups is 1. The van der Waals surface area contributed by atoms with E-state index >= 15 is 0 Å². The Morgan fingerprint density at radius 2 is 2.12 bits per heavy atom. The Morgan fingerprint density at radius 3 is 2.69 bits per heavy atom. The summed E-state index contributed by atoms with van der Waals surface area (Å²) in [6.45, 7) is 6.31. The number of ether oxygens (including phenoxy) is 1. The van der Waals surface area contributed by atoms with Gasteiger partial charge in [0.15, 0.2) is 0 Å².